The summed E-state index contributed by atoms with van der Waals surface area (Å²) in [6.07, 6.45) is 10.8. The molecule has 3 atom stereocenters. The molecule has 0 aromatic heterocycles. The lowest BCUT2D eigenvalue weighted by atomic mass is 9.78. The molecule has 1 fully saturated rings. The second kappa shape index (κ2) is 8.89. The second-order valence-corrected chi connectivity index (χ2v) is 6.80. The Bertz CT molecular complexity index is 500. The van der Waals surface area contributed by atoms with E-state index in [9.17, 15) is 4.79 Å². The number of carbonyl (C=O) groups is 1. The summed E-state index contributed by atoms with van der Waals surface area (Å²) in [4.78, 5) is 10.6. The molecule has 3 N–H and O–H groups in total. The fraction of sp³-hybridized carbons (Fsp3) is 0.778. The molecule has 1 aliphatic carbocycles. The van der Waals surface area contributed by atoms with Gasteiger partial charge < -0.3 is 19.3 Å². The van der Waals surface area contributed by atoms with Crippen LogP contribution in [0.2, 0.25) is 0 Å². The predicted molar refractivity (Wildman–Crippen MR) is 93.8 cm³/mol. The number of aliphatic carboxylic acids is 1. The van der Waals surface area contributed by atoms with Gasteiger partial charge >= 0.3 is 5.97 Å². The van der Waals surface area contributed by atoms with Gasteiger partial charge in [0.1, 0.15) is 17.4 Å². The summed E-state index contributed by atoms with van der Waals surface area (Å²) in [5, 5.41) is 19.3. The first-order valence-electron chi connectivity index (χ1n) is 8.97. The summed E-state index contributed by atoms with van der Waals surface area (Å²) in [5.74, 6) is -1.95. The van der Waals surface area contributed by atoms with E-state index in [1.807, 2.05) is 0 Å². The molecule has 0 bridgehead atoms. The Hall–Kier alpha value is -1.28. The highest BCUT2D eigenvalue weighted by Crippen LogP contribution is 2.47. The zero-order valence-corrected chi connectivity index (χ0v) is 15.2. The van der Waals surface area contributed by atoms with E-state index in [-0.39, 0.29) is 23.8 Å². The maximum atomic E-state index is 10.6. The topological polar surface area (TPSA) is 101 Å². The maximum absolute atomic E-state index is 10.6. The van der Waals surface area contributed by atoms with Crippen molar-refractivity contribution in [3.8, 4) is 0 Å². The van der Waals surface area contributed by atoms with Gasteiger partial charge in [0.25, 0.3) is 0 Å². The number of carboxylic acids is 1. The fourth-order valence-electron chi connectivity index (χ4n) is 3.63. The van der Waals surface area contributed by atoms with E-state index in [4.69, 9.17) is 24.7 Å². The molecule has 1 heterocycles. The normalized spacial score (nSPS) is 33.3. The summed E-state index contributed by atoms with van der Waals surface area (Å²) in [6.45, 7) is 0.643. The van der Waals surface area contributed by atoms with E-state index >= 15 is 0 Å². The molecule has 2 rings (SSSR count). The zero-order chi connectivity index (χ0) is 18.3. The highest BCUT2D eigenvalue weighted by atomic mass is 16.8. The van der Waals surface area contributed by atoms with Gasteiger partial charge in [-0.25, -0.2) is 4.79 Å². The van der Waals surface area contributed by atoms with Gasteiger partial charge in [0, 0.05) is 27.2 Å². The first kappa shape index (κ1) is 20.0. The third-order valence-corrected chi connectivity index (χ3v) is 5.04. The van der Waals surface area contributed by atoms with Crippen LogP contribution in [0, 0.1) is 5.41 Å². The molecule has 1 aliphatic heterocycles. The Morgan fingerprint density at radius 2 is 2.16 bits per heavy atom. The van der Waals surface area contributed by atoms with Gasteiger partial charge in [0.15, 0.2) is 0 Å². The summed E-state index contributed by atoms with van der Waals surface area (Å²) in [7, 11) is 3.33. The molecule has 1 saturated heterocycles. The SMILES string of the molecule is COC1/C=C/CCCCC12CC(NCCCCC(=N)C(=O)O)(OC)O2. The van der Waals surface area contributed by atoms with Crippen LogP contribution in [0.1, 0.15) is 51.4 Å². The molecule has 0 radical (unpaired) electrons. The van der Waals surface area contributed by atoms with Crippen LogP contribution in [0.15, 0.2) is 12.2 Å². The Balaban J connectivity index is 1.82. The predicted octanol–water partition coefficient (Wildman–Crippen LogP) is 2.46. The van der Waals surface area contributed by atoms with Crippen molar-refractivity contribution in [2.24, 2.45) is 0 Å². The Kier molecular flexibility index (Phi) is 7.13. The summed E-state index contributed by atoms with van der Waals surface area (Å²) < 4.78 is 17.5. The Morgan fingerprint density at radius 1 is 1.40 bits per heavy atom. The average Bonchev–Trinajstić information content (AvgIpc) is 2.54. The molecule has 25 heavy (non-hydrogen) atoms. The van der Waals surface area contributed by atoms with Gasteiger partial charge in [-0.2, -0.15) is 0 Å². The van der Waals surface area contributed by atoms with Crippen molar-refractivity contribution in [3.63, 3.8) is 0 Å². The van der Waals surface area contributed by atoms with E-state index < -0.39 is 11.9 Å². The van der Waals surface area contributed by atoms with Gasteiger partial charge in [-0.05, 0) is 38.5 Å². The van der Waals surface area contributed by atoms with E-state index in [0.717, 1.165) is 32.1 Å². The van der Waals surface area contributed by atoms with Crippen molar-refractivity contribution in [2.75, 3.05) is 20.8 Å². The number of carboxylic acid groups (broad SMARTS) is 1. The molecule has 0 saturated carbocycles. The van der Waals surface area contributed by atoms with Crippen LogP contribution in [0.4, 0.5) is 0 Å². The number of allylic oxidation sites excluding steroid dienone is 1. The van der Waals surface area contributed by atoms with E-state index in [0.29, 0.717) is 19.4 Å². The molecular weight excluding hydrogens is 324 g/mol. The van der Waals surface area contributed by atoms with Crippen LogP contribution in [0.5, 0.6) is 0 Å². The van der Waals surface area contributed by atoms with Crippen LogP contribution < -0.4 is 5.32 Å². The second-order valence-electron chi connectivity index (χ2n) is 6.80. The number of ether oxygens (including phenoxy) is 3. The van der Waals surface area contributed by atoms with Gasteiger partial charge in [-0.1, -0.05) is 18.6 Å². The van der Waals surface area contributed by atoms with Crippen molar-refractivity contribution >= 4 is 11.7 Å². The van der Waals surface area contributed by atoms with Gasteiger partial charge in [-0.15, -0.1) is 0 Å². The Labute approximate surface area is 149 Å². The molecule has 0 amide bonds. The van der Waals surface area contributed by atoms with Crippen molar-refractivity contribution < 1.29 is 24.1 Å². The van der Waals surface area contributed by atoms with E-state index in [2.05, 4.69) is 17.5 Å². The Morgan fingerprint density at radius 3 is 2.80 bits per heavy atom. The molecular formula is C18H30N2O5. The monoisotopic (exact) mass is 354 g/mol. The van der Waals surface area contributed by atoms with Crippen LogP contribution >= 0.6 is 0 Å². The number of nitrogens with one attached hydrogen (secondary N) is 2. The molecule has 7 nitrogen and oxygen atoms in total. The number of methoxy groups -OCH3 is 2. The first-order chi connectivity index (χ1) is 12.0. The minimum Gasteiger partial charge on any atom is -0.477 e. The lowest BCUT2D eigenvalue weighted by Crippen LogP contribution is -2.71. The minimum atomic E-state index is -1.14. The van der Waals surface area contributed by atoms with Crippen LogP contribution in [0.3, 0.4) is 0 Å². The first-order valence-corrected chi connectivity index (χ1v) is 8.97. The lowest BCUT2D eigenvalue weighted by molar-refractivity contribution is -0.408. The molecule has 7 heteroatoms. The van der Waals surface area contributed by atoms with E-state index in [1.165, 1.54) is 0 Å². The highest BCUT2D eigenvalue weighted by Gasteiger charge is 2.60. The minimum absolute atomic E-state index is 0.0751. The molecule has 2 aliphatic rings. The molecule has 142 valence electrons. The van der Waals surface area contributed by atoms with Crippen molar-refractivity contribution in [2.45, 2.75) is 69.0 Å². The number of unbranched alkanes of at least 4 members (excludes halogenated alkanes) is 1. The van der Waals surface area contributed by atoms with Crippen molar-refractivity contribution in [1.82, 2.24) is 5.32 Å². The van der Waals surface area contributed by atoms with Crippen LogP contribution in [0.25, 0.3) is 0 Å². The largest absolute Gasteiger partial charge is 0.477 e. The third-order valence-electron chi connectivity index (χ3n) is 5.04. The van der Waals surface area contributed by atoms with Crippen molar-refractivity contribution in [3.05, 3.63) is 12.2 Å². The fourth-order valence-corrected chi connectivity index (χ4v) is 3.63. The highest BCUT2D eigenvalue weighted by molar-refractivity contribution is 6.34. The van der Waals surface area contributed by atoms with Gasteiger partial charge in [-0.3, -0.25) is 10.7 Å². The van der Waals surface area contributed by atoms with Gasteiger partial charge in [0.2, 0.25) is 5.91 Å². The standard InChI is InChI=1S/C18H30N2O5/c1-23-15-10-5-3-4-7-11-17(15)13-18(24-2,25-17)20-12-8-6-9-14(19)16(21)22/h5,10,15,19-20H,3-4,6-9,11-13H2,1-2H3,(H,21,22)/b10-5+,19-14?. The third kappa shape index (κ3) is 4.88. The van der Waals surface area contributed by atoms with E-state index in [1.54, 1.807) is 14.2 Å². The molecule has 0 aromatic rings. The maximum Gasteiger partial charge on any atom is 0.349 e. The average molecular weight is 354 g/mol. The summed E-state index contributed by atoms with van der Waals surface area (Å²) in [5.41, 5.74) is -0.593. The zero-order valence-electron chi connectivity index (χ0n) is 15.2. The summed E-state index contributed by atoms with van der Waals surface area (Å²) >= 11 is 0. The molecule has 3 unspecified atom stereocenters. The van der Waals surface area contributed by atoms with Crippen LogP contribution in [-0.4, -0.2) is 55.2 Å². The number of hydrogen-bond donors (Lipinski definition) is 3. The smallest absolute Gasteiger partial charge is 0.349 e. The number of hydrogen-bond acceptors (Lipinski definition) is 6. The number of rotatable bonds is 9. The van der Waals surface area contributed by atoms with Gasteiger partial charge in [0.05, 0.1) is 0 Å². The quantitative estimate of drug-likeness (QED) is 0.254. The lowest BCUT2D eigenvalue weighted by Gasteiger charge is -2.57. The van der Waals surface area contributed by atoms with Crippen LogP contribution in [-0.2, 0) is 19.0 Å². The summed E-state index contributed by atoms with van der Waals surface area (Å²) in [6, 6.07) is 0. The molecule has 0 aromatic carbocycles. The van der Waals surface area contributed by atoms with Crippen molar-refractivity contribution in [1.29, 1.82) is 5.41 Å². The molecule has 1 spiro atoms.